The van der Waals surface area contributed by atoms with E-state index in [2.05, 4.69) is 24.0 Å². The molecule has 0 aromatic heterocycles. The van der Waals surface area contributed by atoms with E-state index in [1.54, 1.807) is 16.4 Å². The minimum atomic E-state index is -3.54. The van der Waals surface area contributed by atoms with Crippen molar-refractivity contribution in [3.8, 4) is 0 Å². The maximum atomic E-state index is 13.3. The molecule has 1 saturated carbocycles. The molecule has 0 spiro atoms. The predicted octanol–water partition coefficient (Wildman–Crippen LogP) is 3.27. The topological polar surface area (TPSA) is 60.9 Å². The zero-order valence-corrected chi connectivity index (χ0v) is 19.4. The fourth-order valence-electron chi connectivity index (χ4n) is 5.07. The number of rotatable bonds is 5. The number of nitrogens with zero attached hydrogens (tertiary/aromatic N) is 3. The molecule has 32 heavy (non-hydrogen) atoms. The van der Waals surface area contributed by atoms with Crippen LogP contribution in [-0.2, 0) is 27.8 Å². The average Bonchev–Trinajstić information content (AvgIpc) is 3.08. The summed E-state index contributed by atoms with van der Waals surface area (Å²) in [6, 6.07) is 15.7. The summed E-state index contributed by atoms with van der Waals surface area (Å²) in [4.78, 5) is 17.4. The Kier molecular flexibility index (Phi) is 5.82. The maximum Gasteiger partial charge on any atom is 0.243 e. The van der Waals surface area contributed by atoms with Crippen molar-refractivity contribution >= 4 is 21.6 Å². The Hall–Kier alpha value is -2.22. The smallest absolute Gasteiger partial charge is 0.243 e. The summed E-state index contributed by atoms with van der Waals surface area (Å²) in [5.41, 5.74) is 3.10. The number of carbonyl (C=O) groups is 1. The third-order valence-electron chi connectivity index (χ3n) is 7.18. The number of amides is 1. The first-order valence-electron chi connectivity index (χ1n) is 11.7. The van der Waals surface area contributed by atoms with Gasteiger partial charge in [0.25, 0.3) is 0 Å². The minimum Gasteiger partial charge on any atom is -0.309 e. The van der Waals surface area contributed by atoms with Gasteiger partial charge in [-0.05, 0) is 55.5 Å². The van der Waals surface area contributed by atoms with Crippen LogP contribution >= 0.6 is 0 Å². The summed E-state index contributed by atoms with van der Waals surface area (Å²) in [5, 5.41) is 0. The number of hydrogen-bond donors (Lipinski definition) is 0. The Morgan fingerprint density at radius 1 is 1.00 bits per heavy atom. The molecule has 170 valence electrons. The monoisotopic (exact) mass is 453 g/mol. The van der Waals surface area contributed by atoms with Gasteiger partial charge in [0.05, 0.1) is 4.90 Å². The van der Waals surface area contributed by atoms with Crippen LogP contribution in [0.4, 0.5) is 5.69 Å². The molecule has 2 aromatic carbocycles. The largest absolute Gasteiger partial charge is 0.309 e. The van der Waals surface area contributed by atoms with Crippen LogP contribution in [0, 0.1) is 5.92 Å². The molecule has 3 aliphatic rings. The van der Waals surface area contributed by atoms with Gasteiger partial charge in [0.15, 0.2) is 0 Å². The van der Waals surface area contributed by atoms with Crippen LogP contribution in [-0.4, -0.2) is 55.8 Å². The zero-order valence-electron chi connectivity index (χ0n) is 18.6. The van der Waals surface area contributed by atoms with Crippen molar-refractivity contribution in [2.45, 2.75) is 50.1 Å². The average molecular weight is 454 g/mol. The van der Waals surface area contributed by atoms with E-state index in [1.165, 1.54) is 5.56 Å². The van der Waals surface area contributed by atoms with Crippen LogP contribution in [0.1, 0.15) is 37.3 Å². The lowest BCUT2D eigenvalue weighted by atomic mass is 9.84. The van der Waals surface area contributed by atoms with Crippen molar-refractivity contribution in [2.75, 3.05) is 31.1 Å². The Morgan fingerprint density at radius 3 is 2.38 bits per heavy atom. The summed E-state index contributed by atoms with van der Waals surface area (Å²) >= 11 is 0. The highest BCUT2D eigenvalue weighted by Crippen LogP contribution is 2.38. The van der Waals surface area contributed by atoms with Gasteiger partial charge in [-0.1, -0.05) is 36.8 Å². The Labute approximate surface area is 190 Å². The van der Waals surface area contributed by atoms with Gasteiger partial charge < -0.3 is 4.90 Å². The fraction of sp³-hybridized carbons (Fsp3) is 0.480. The highest BCUT2D eigenvalue weighted by molar-refractivity contribution is 7.89. The van der Waals surface area contributed by atoms with Gasteiger partial charge in [0, 0.05) is 50.4 Å². The quantitative estimate of drug-likeness (QED) is 0.697. The number of hydrogen-bond acceptors (Lipinski definition) is 4. The number of carbonyl (C=O) groups excluding carboxylic acids is 1. The Morgan fingerprint density at radius 2 is 1.72 bits per heavy atom. The second-order valence-electron chi connectivity index (χ2n) is 9.35. The zero-order chi connectivity index (χ0) is 22.3. The fourth-order valence-corrected chi connectivity index (χ4v) is 6.55. The van der Waals surface area contributed by atoms with Crippen LogP contribution in [0.3, 0.4) is 0 Å². The Balaban J connectivity index is 1.28. The summed E-state index contributed by atoms with van der Waals surface area (Å²) in [5.74, 6) is 0.339. The van der Waals surface area contributed by atoms with E-state index in [4.69, 9.17) is 0 Å². The van der Waals surface area contributed by atoms with E-state index in [-0.39, 0.29) is 17.9 Å². The molecule has 7 heteroatoms. The minimum absolute atomic E-state index is 0.0811. The lowest BCUT2D eigenvalue weighted by Gasteiger charge is -2.34. The van der Waals surface area contributed by atoms with Crippen LogP contribution in [0.15, 0.2) is 53.4 Å². The molecule has 1 aliphatic carbocycles. The number of anilines is 1. The number of fused-ring (bicyclic) bond motifs is 1. The van der Waals surface area contributed by atoms with E-state index < -0.39 is 10.0 Å². The predicted molar refractivity (Wildman–Crippen MR) is 125 cm³/mol. The molecule has 2 aromatic rings. The molecule has 0 N–H and O–H groups in total. The first-order chi connectivity index (χ1) is 15.4. The number of sulfonamides is 1. The van der Waals surface area contributed by atoms with Crippen LogP contribution in [0.2, 0.25) is 0 Å². The normalized spacial score (nSPS) is 22.5. The first-order valence-corrected chi connectivity index (χ1v) is 13.1. The molecular weight excluding hydrogens is 422 g/mol. The molecule has 6 nitrogen and oxygen atoms in total. The lowest BCUT2D eigenvalue weighted by molar-refractivity contribution is -0.125. The summed E-state index contributed by atoms with van der Waals surface area (Å²) in [7, 11) is -3.54. The maximum absolute atomic E-state index is 13.3. The van der Waals surface area contributed by atoms with Crippen molar-refractivity contribution in [1.82, 2.24) is 9.21 Å². The summed E-state index contributed by atoms with van der Waals surface area (Å²) < 4.78 is 28.3. The van der Waals surface area contributed by atoms with Gasteiger partial charge in [-0.25, -0.2) is 8.42 Å². The highest BCUT2D eigenvalue weighted by Gasteiger charge is 2.38. The van der Waals surface area contributed by atoms with Gasteiger partial charge in [0.2, 0.25) is 15.9 Å². The summed E-state index contributed by atoms with van der Waals surface area (Å²) in [6.07, 6.45) is 3.78. The van der Waals surface area contributed by atoms with Crippen LogP contribution in [0.5, 0.6) is 0 Å². The lowest BCUT2D eigenvalue weighted by Crippen LogP contribution is -2.48. The molecule has 2 fully saturated rings. The summed E-state index contributed by atoms with van der Waals surface area (Å²) in [6.45, 7) is 5.33. The third kappa shape index (κ3) is 3.98. The van der Waals surface area contributed by atoms with Gasteiger partial charge in [-0.15, -0.1) is 0 Å². The SMILES string of the molecule is C[C@@H]1Cc2cc(S(=O)(=O)N3CCN(Cc4ccccc4)CC3)ccc2N1C(=O)C1CCC1. The highest BCUT2D eigenvalue weighted by atomic mass is 32.2. The number of benzene rings is 2. The Bertz CT molecular complexity index is 1090. The van der Waals surface area contributed by atoms with Crippen molar-refractivity contribution in [1.29, 1.82) is 0 Å². The molecule has 0 bridgehead atoms. The number of piperazine rings is 1. The second-order valence-corrected chi connectivity index (χ2v) is 11.3. The van der Waals surface area contributed by atoms with E-state index in [1.807, 2.05) is 29.2 Å². The van der Waals surface area contributed by atoms with Crippen LogP contribution in [0.25, 0.3) is 0 Å². The second kappa shape index (κ2) is 8.61. The van der Waals surface area contributed by atoms with Crippen molar-refractivity contribution in [3.05, 3.63) is 59.7 Å². The molecular formula is C25H31N3O3S. The molecule has 1 amide bonds. The van der Waals surface area contributed by atoms with E-state index >= 15 is 0 Å². The van der Waals surface area contributed by atoms with Gasteiger partial charge in [0.1, 0.15) is 0 Å². The van der Waals surface area contributed by atoms with Gasteiger partial charge in [-0.3, -0.25) is 9.69 Å². The van der Waals surface area contributed by atoms with E-state index in [0.29, 0.717) is 24.4 Å². The van der Waals surface area contributed by atoms with Crippen LogP contribution < -0.4 is 4.90 Å². The molecule has 2 heterocycles. The molecule has 1 atom stereocenters. The third-order valence-corrected chi connectivity index (χ3v) is 9.07. The van der Waals surface area contributed by atoms with Crippen molar-refractivity contribution < 1.29 is 13.2 Å². The van der Waals surface area contributed by atoms with E-state index in [0.717, 1.165) is 50.1 Å². The molecule has 0 radical (unpaired) electrons. The molecule has 2 aliphatic heterocycles. The molecule has 5 rings (SSSR count). The molecule has 1 saturated heterocycles. The van der Waals surface area contributed by atoms with Gasteiger partial charge in [-0.2, -0.15) is 4.31 Å². The van der Waals surface area contributed by atoms with E-state index in [9.17, 15) is 13.2 Å². The molecule has 0 unspecified atom stereocenters. The first kappa shape index (κ1) is 21.6. The van der Waals surface area contributed by atoms with Crippen molar-refractivity contribution in [2.24, 2.45) is 5.92 Å². The van der Waals surface area contributed by atoms with Crippen molar-refractivity contribution in [3.63, 3.8) is 0 Å². The van der Waals surface area contributed by atoms with Gasteiger partial charge >= 0.3 is 0 Å². The standard InChI is InChI=1S/C25H31N3O3S/c1-19-16-22-17-23(10-11-24(22)28(19)25(29)21-8-5-9-21)32(30,31)27-14-12-26(13-15-27)18-20-6-3-2-4-7-20/h2-4,6-7,10-11,17,19,21H,5,8-9,12-16,18H2,1H3/t19-/m1/s1.